The van der Waals surface area contributed by atoms with Crippen molar-refractivity contribution in [1.82, 2.24) is 10.2 Å². The molecule has 26 heavy (non-hydrogen) atoms. The maximum Gasteiger partial charge on any atom is 0.234 e. The molecular weight excluding hydrogens is 326 g/mol. The van der Waals surface area contributed by atoms with Crippen LogP contribution in [0.25, 0.3) is 0 Å². The number of rotatable bonds is 6. The summed E-state index contributed by atoms with van der Waals surface area (Å²) in [5.74, 6) is -0.448. The number of hydrogen-bond donors (Lipinski definition) is 2. The summed E-state index contributed by atoms with van der Waals surface area (Å²) < 4.78 is 0. The van der Waals surface area contributed by atoms with Gasteiger partial charge in [0.25, 0.3) is 0 Å². The number of amides is 2. The maximum atomic E-state index is 12.7. The van der Waals surface area contributed by atoms with E-state index in [1.54, 1.807) is 0 Å². The second kappa shape index (κ2) is 8.63. The Morgan fingerprint density at radius 2 is 1.58 bits per heavy atom. The van der Waals surface area contributed by atoms with Crippen LogP contribution in [0.1, 0.15) is 36.4 Å². The quantitative estimate of drug-likeness (QED) is 0.838. The Labute approximate surface area is 154 Å². The molecule has 3 N–H and O–H groups in total. The van der Waals surface area contributed by atoms with Crippen molar-refractivity contribution in [2.45, 2.75) is 31.3 Å². The molecule has 136 valence electrons. The summed E-state index contributed by atoms with van der Waals surface area (Å²) in [6.45, 7) is 0.909. The molecule has 2 amide bonds. The third kappa shape index (κ3) is 4.49. The molecule has 1 unspecified atom stereocenters. The molecule has 0 spiro atoms. The lowest BCUT2D eigenvalue weighted by Crippen LogP contribution is -2.51. The molecule has 0 bridgehead atoms. The first-order chi connectivity index (χ1) is 12.6. The molecule has 0 saturated carbocycles. The smallest absolute Gasteiger partial charge is 0.234 e. The summed E-state index contributed by atoms with van der Waals surface area (Å²) in [7, 11) is 0. The molecule has 5 heteroatoms. The molecule has 3 rings (SSSR count). The summed E-state index contributed by atoms with van der Waals surface area (Å²) in [4.78, 5) is 26.3. The summed E-state index contributed by atoms with van der Waals surface area (Å²) in [6.07, 6.45) is 2.68. The fourth-order valence-electron chi connectivity index (χ4n) is 3.54. The average molecular weight is 351 g/mol. The zero-order valence-electron chi connectivity index (χ0n) is 14.8. The molecule has 2 aromatic rings. The first-order valence-corrected chi connectivity index (χ1v) is 9.08. The lowest BCUT2D eigenvalue weighted by atomic mass is 9.98. The number of nitrogens with two attached hydrogens (primary N) is 1. The third-order valence-electron chi connectivity index (χ3n) is 4.86. The molecule has 1 aliphatic heterocycles. The summed E-state index contributed by atoms with van der Waals surface area (Å²) in [6, 6.07) is 19.2. The predicted molar refractivity (Wildman–Crippen MR) is 101 cm³/mol. The van der Waals surface area contributed by atoms with E-state index in [9.17, 15) is 9.59 Å². The van der Waals surface area contributed by atoms with Gasteiger partial charge >= 0.3 is 0 Å². The van der Waals surface area contributed by atoms with Gasteiger partial charge in [0.2, 0.25) is 11.8 Å². The van der Waals surface area contributed by atoms with Crippen molar-refractivity contribution >= 4 is 11.8 Å². The van der Waals surface area contributed by atoms with E-state index < -0.39 is 0 Å². The van der Waals surface area contributed by atoms with Crippen molar-refractivity contribution < 1.29 is 9.59 Å². The molecule has 2 aromatic carbocycles. The van der Waals surface area contributed by atoms with Gasteiger partial charge in [-0.25, -0.2) is 0 Å². The van der Waals surface area contributed by atoms with E-state index in [0.29, 0.717) is 0 Å². The average Bonchev–Trinajstić information content (AvgIpc) is 2.68. The van der Waals surface area contributed by atoms with Crippen LogP contribution in [-0.2, 0) is 9.59 Å². The van der Waals surface area contributed by atoms with E-state index in [1.165, 1.54) is 0 Å². The molecule has 5 nitrogen and oxygen atoms in total. The Kier molecular flexibility index (Phi) is 6.02. The van der Waals surface area contributed by atoms with E-state index in [1.807, 2.05) is 65.6 Å². The van der Waals surface area contributed by atoms with E-state index in [4.69, 9.17) is 5.73 Å². The van der Waals surface area contributed by atoms with Gasteiger partial charge in [-0.1, -0.05) is 67.1 Å². The maximum absolute atomic E-state index is 12.7. The van der Waals surface area contributed by atoms with E-state index in [0.717, 1.165) is 36.9 Å². The Morgan fingerprint density at radius 3 is 2.12 bits per heavy atom. The zero-order valence-corrected chi connectivity index (χ0v) is 14.8. The van der Waals surface area contributed by atoms with Gasteiger partial charge < -0.3 is 11.1 Å². The third-order valence-corrected chi connectivity index (χ3v) is 4.86. The van der Waals surface area contributed by atoms with Gasteiger partial charge in [-0.3, -0.25) is 14.5 Å². The Balaban J connectivity index is 1.74. The number of primary amides is 1. The summed E-state index contributed by atoms with van der Waals surface area (Å²) >= 11 is 0. The molecule has 1 heterocycles. The van der Waals surface area contributed by atoms with E-state index in [-0.39, 0.29) is 30.4 Å². The minimum atomic E-state index is -0.347. The second-order valence-corrected chi connectivity index (χ2v) is 6.71. The SMILES string of the molecule is NC(=O)C1CCCCN1CC(=O)NC(c1ccccc1)c1ccccc1. The molecule has 1 saturated heterocycles. The van der Waals surface area contributed by atoms with Crippen molar-refractivity contribution in [2.75, 3.05) is 13.1 Å². The molecule has 1 aliphatic rings. The molecule has 1 fully saturated rings. The van der Waals surface area contributed by atoms with Crippen LogP contribution in [0, 0.1) is 0 Å². The molecular formula is C21H25N3O2. The van der Waals surface area contributed by atoms with E-state index in [2.05, 4.69) is 5.32 Å². The highest BCUT2D eigenvalue weighted by Gasteiger charge is 2.29. The van der Waals surface area contributed by atoms with Crippen molar-refractivity contribution in [3.05, 3.63) is 71.8 Å². The fourth-order valence-corrected chi connectivity index (χ4v) is 3.54. The van der Waals surface area contributed by atoms with Crippen LogP contribution in [0.3, 0.4) is 0 Å². The number of benzene rings is 2. The predicted octanol–water partition coefficient (Wildman–Crippen LogP) is 2.23. The van der Waals surface area contributed by atoms with Crippen molar-refractivity contribution in [3.8, 4) is 0 Å². The van der Waals surface area contributed by atoms with Crippen LogP contribution >= 0.6 is 0 Å². The summed E-state index contributed by atoms with van der Waals surface area (Å²) in [5.41, 5.74) is 7.55. The van der Waals surface area contributed by atoms with Crippen LogP contribution in [-0.4, -0.2) is 35.8 Å². The lowest BCUT2D eigenvalue weighted by molar-refractivity contribution is -0.128. The number of nitrogens with one attached hydrogen (secondary N) is 1. The van der Waals surface area contributed by atoms with Gasteiger partial charge in [-0.2, -0.15) is 0 Å². The Morgan fingerprint density at radius 1 is 1.00 bits per heavy atom. The highest BCUT2D eigenvalue weighted by molar-refractivity contribution is 5.83. The molecule has 0 radical (unpaired) electrons. The number of carbonyl (C=O) groups is 2. The van der Waals surface area contributed by atoms with Gasteiger partial charge in [0.15, 0.2) is 0 Å². The van der Waals surface area contributed by atoms with Gasteiger partial charge in [0.05, 0.1) is 18.6 Å². The van der Waals surface area contributed by atoms with Crippen LogP contribution < -0.4 is 11.1 Å². The van der Waals surface area contributed by atoms with Crippen molar-refractivity contribution in [2.24, 2.45) is 5.73 Å². The Bertz CT molecular complexity index is 694. The number of hydrogen-bond acceptors (Lipinski definition) is 3. The first-order valence-electron chi connectivity index (χ1n) is 9.08. The minimum absolute atomic E-state index is 0.101. The second-order valence-electron chi connectivity index (χ2n) is 6.71. The standard InChI is InChI=1S/C21H25N3O2/c22-21(26)18-13-7-8-14-24(18)15-19(25)23-20(16-9-3-1-4-10-16)17-11-5-2-6-12-17/h1-6,9-12,18,20H,7-8,13-15H2,(H2,22,26)(H,23,25). The lowest BCUT2D eigenvalue weighted by Gasteiger charge is -2.33. The molecule has 1 atom stereocenters. The largest absolute Gasteiger partial charge is 0.368 e. The number of likely N-dealkylation sites (tertiary alicyclic amines) is 1. The molecule has 0 aliphatic carbocycles. The highest BCUT2D eigenvalue weighted by Crippen LogP contribution is 2.22. The van der Waals surface area contributed by atoms with E-state index >= 15 is 0 Å². The van der Waals surface area contributed by atoms with Crippen molar-refractivity contribution in [1.29, 1.82) is 0 Å². The van der Waals surface area contributed by atoms with Crippen LogP contribution in [0.2, 0.25) is 0 Å². The van der Waals surface area contributed by atoms with Crippen LogP contribution in [0.5, 0.6) is 0 Å². The number of nitrogens with zero attached hydrogens (tertiary/aromatic N) is 1. The molecule has 0 aromatic heterocycles. The monoisotopic (exact) mass is 351 g/mol. The zero-order chi connectivity index (χ0) is 18.4. The van der Waals surface area contributed by atoms with Gasteiger partial charge in [0.1, 0.15) is 0 Å². The van der Waals surface area contributed by atoms with Crippen LogP contribution in [0.4, 0.5) is 0 Å². The van der Waals surface area contributed by atoms with Crippen molar-refractivity contribution in [3.63, 3.8) is 0 Å². The fraction of sp³-hybridized carbons (Fsp3) is 0.333. The summed E-state index contributed by atoms with van der Waals surface area (Å²) in [5, 5.41) is 3.12. The Hall–Kier alpha value is -2.66. The van der Waals surface area contributed by atoms with Gasteiger partial charge in [-0.05, 0) is 30.5 Å². The highest BCUT2D eigenvalue weighted by atomic mass is 16.2. The number of carbonyl (C=O) groups excluding carboxylic acids is 2. The normalized spacial score (nSPS) is 17.8. The topological polar surface area (TPSA) is 75.4 Å². The minimum Gasteiger partial charge on any atom is -0.368 e. The van der Waals surface area contributed by atoms with Gasteiger partial charge in [-0.15, -0.1) is 0 Å². The van der Waals surface area contributed by atoms with Gasteiger partial charge in [0, 0.05) is 0 Å². The number of piperidine rings is 1. The van der Waals surface area contributed by atoms with Crippen LogP contribution in [0.15, 0.2) is 60.7 Å². The first kappa shape index (κ1) is 18.1.